The van der Waals surface area contributed by atoms with Crippen molar-refractivity contribution >= 4 is 35.2 Å². The molecule has 4 atom stereocenters. The summed E-state index contributed by atoms with van der Waals surface area (Å²) in [6, 6.07) is 1.63. The average Bonchev–Trinajstić information content (AvgIpc) is 2.75. The van der Waals surface area contributed by atoms with Gasteiger partial charge in [-0.25, -0.2) is 0 Å². The average molecular weight is 483 g/mol. The molecule has 184 valence electrons. The summed E-state index contributed by atoms with van der Waals surface area (Å²) in [6.45, 7) is 0. The number of hydrogen-bond acceptors (Lipinski definition) is 9. The molecule has 3 aliphatic rings. The molecule has 0 aliphatic heterocycles. The highest BCUT2D eigenvalue weighted by atomic mass is 16.3. The van der Waals surface area contributed by atoms with Crippen LogP contribution in [-0.4, -0.2) is 74.4 Å². The number of nitrogens with two attached hydrogens (primary N) is 2. The number of rotatable bonds is 4. The highest BCUT2D eigenvalue weighted by Crippen LogP contribution is 2.52. The van der Waals surface area contributed by atoms with E-state index >= 15 is 0 Å². The summed E-state index contributed by atoms with van der Waals surface area (Å²) in [6.07, 6.45) is 2.62. The quantitative estimate of drug-likeness (QED) is 0.240. The maximum atomic E-state index is 13.7. The van der Waals surface area contributed by atoms with Gasteiger partial charge in [-0.05, 0) is 56.1 Å². The first kappa shape index (κ1) is 24.2. The molecule has 8 N–H and O–H groups in total. The van der Waals surface area contributed by atoms with Crippen molar-refractivity contribution < 1.29 is 39.6 Å². The molecule has 2 unspecified atom stereocenters. The van der Waals surface area contributed by atoms with Gasteiger partial charge in [-0.15, -0.1) is 0 Å². The number of nitrogens with zero attached hydrogens (tertiary/aromatic N) is 1. The second-order valence-corrected chi connectivity index (χ2v) is 9.22. The number of aromatic hydroxyl groups is 1. The SMILES string of the molecule is CN(C)[C@@H]1C(=O)C(C(N)=O)=C(O)[C@@]2(O)C(=O)C3=C(O)c4c(O)ccc(C=CC(N)=O)c4CC3CC12. The molecule has 0 radical (unpaired) electrons. The van der Waals surface area contributed by atoms with Crippen LogP contribution >= 0.6 is 0 Å². The number of aliphatic hydroxyl groups excluding tert-OH is 2. The van der Waals surface area contributed by atoms with Gasteiger partial charge in [0.1, 0.15) is 22.8 Å². The number of Topliss-reactive ketones (excluding diaryl/α,β-unsaturated/α-hetero) is 2. The fourth-order valence-corrected chi connectivity index (χ4v) is 5.60. The van der Waals surface area contributed by atoms with Crippen molar-refractivity contribution in [2.24, 2.45) is 23.3 Å². The molecular formula is C24H25N3O8. The summed E-state index contributed by atoms with van der Waals surface area (Å²) in [4.78, 5) is 51.4. The molecule has 0 spiro atoms. The van der Waals surface area contributed by atoms with Crippen LogP contribution in [-0.2, 0) is 25.6 Å². The molecule has 4 rings (SSSR count). The van der Waals surface area contributed by atoms with E-state index in [1.54, 1.807) is 0 Å². The van der Waals surface area contributed by atoms with Crippen LogP contribution < -0.4 is 11.5 Å². The number of amides is 2. The second-order valence-electron chi connectivity index (χ2n) is 9.22. The van der Waals surface area contributed by atoms with Crippen molar-refractivity contribution in [3.8, 4) is 5.75 Å². The molecule has 1 saturated carbocycles. The van der Waals surface area contributed by atoms with E-state index in [4.69, 9.17) is 11.5 Å². The second kappa shape index (κ2) is 8.07. The Kier molecular flexibility index (Phi) is 5.57. The van der Waals surface area contributed by atoms with Crippen LogP contribution in [0.4, 0.5) is 0 Å². The molecule has 2 amide bonds. The lowest BCUT2D eigenvalue weighted by atomic mass is 9.57. The summed E-state index contributed by atoms with van der Waals surface area (Å²) in [5.74, 6) is -7.87. The van der Waals surface area contributed by atoms with Gasteiger partial charge in [0.25, 0.3) is 5.91 Å². The van der Waals surface area contributed by atoms with Crippen LogP contribution in [0.5, 0.6) is 5.75 Å². The van der Waals surface area contributed by atoms with Crippen LogP contribution in [0.15, 0.2) is 35.1 Å². The number of phenolic OH excluding ortho intramolecular Hbond substituents is 1. The highest BCUT2D eigenvalue weighted by Gasteiger charge is 2.64. The van der Waals surface area contributed by atoms with E-state index in [1.165, 1.54) is 37.2 Å². The van der Waals surface area contributed by atoms with Crippen LogP contribution in [0.3, 0.4) is 0 Å². The van der Waals surface area contributed by atoms with Gasteiger partial charge in [-0.2, -0.15) is 0 Å². The van der Waals surface area contributed by atoms with Gasteiger partial charge in [0.05, 0.1) is 11.6 Å². The van der Waals surface area contributed by atoms with Gasteiger partial charge < -0.3 is 31.9 Å². The van der Waals surface area contributed by atoms with Gasteiger partial charge in [-0.1, -0.05) is 6.07 Å². The maximum Gasteiger partial charge on any atom is 0.255 e. The summed E-state index contributed by atoms with van der Waals surface area (Å²) >= 11 is 0. The van der Waals surface area contributed by atoms with Crippen molar-refractivity contribution in [2.45, 2.75) is 24.5 Å². The molecule has 35 heavy (non-hydrogen) atoms. The first-order valence-electron chi connectivity index (χ1n) is 10.8. The predicted octanol–water partition coefficient (Wildman–Crippen LogP) is -0.537. The maximum absolute atomic E-state index is 13.7. The summed E-state index contributed by atoms with van der Waals surface area (Å²) in [7, 11) is 3.05. The molecule has 1 aromatic carbocycles. The fraction of sp³-hybridized carbons (Fsp3) is 0.333. The lowest BCUT2D eigenvalue weighted by Crippen LogP contribution is -2.65. The molecule has 11 nitrogen and oxygen atoms in total. The molecule has 0 aromatic heterocycles. The Balaban J connectivity index is 1.96. The normalized spacial score (nSPS) is 28.3. The number of hydrogen-bond donors (Lipinski definition) is 6. The van der Waals surface area contributed by atoms with Gasteiger partial charge >= 0.3 is 0 Å². The Morgan fingerprint density at radius 2 is 1.80 bits per heavy atom. The summed E-state index contributed by atoms with van der Waals surface area (Å²) in [5.41, 5.74) is 7.52. The minimum atomic E-state index is -2.69. The first-order valence-corrected chi connectivity index (χ1v) is 10.8. The van der Waals surface area contributed by atoms with Crippen molar-refractivity contribution in [1.29, 1.82) is 0 Å². The third-order valence-electron chi connectivity index (χ3n) is 7.07. The molecule has 1 aromatic rings. The zero-order chi connectivity index (χ0) is 26.0. The van der Waals surface area contributed by atoms with Gasteiger partial charge in [0.2, 0.25) is 11.7 Å². The number of carbonyl (C=O) groups is 4. The van der Waals surface area contributed by atoms with Crippen LogP contribution in [0.1, 0.15) is 23.1 Å². The van der Waals surface area contributed by atoms with Crippen LogP contribution in [0, 0.1) is 11.8 Å². The third kappa shape index (κ3) is 3.34. The number of ketones is 2. The smallest absolute Gasteiger partial charge is 0.255 e. The predicted molar refractivity (Wildman–Crippen MR) is 122 cm³/mol. The summed E-state index contributed by atoms with van der Waals surface area (Å²) < 4.78 is 0. The Morgan fingerprint density at radius 3 is 2.37 bits per heavy atom. The fourth-order valence-electron chi connectivity index (χ4n) is 5.60. The van der Waals surface area contributed by atoms with E-state index in [2.05, 4.69) is 0 Å². The first-order chi connectivity index (χ1) is 16.3. The van der Waals surface area contributed by atoms with Crippen molar-refractivity contribution in [3.63, 3.8) is 0 Å². The molecule has 1 fully saturated rings. The lowest BCUT2D eigenvalue weighted by molar-refractivity contribution is -0.153. The number of carbonyl (C=O) groups excluding carboxylic acids is 4. The highest BCUT2D eigenvalue weighted by molar-refractivity contribution is 6.24. The number of fused-ring (bicyclic) bond motifs is 3. The van der Waals surface area contributed by atoms with Crippen molar-refractivity contribution in [3.05, 3.63) is 51.8 Å². The Bertz CT molecular complexity index is 1290. The van der Waals surface area contributed by atoms with E-state index in [-0.39, 0.29) is 29.7 Å². The lowest BCUT2D eigenvalue weighted by Gasteiger charge is -2.50. The molecule has 3 aliphatic carbocycles. The van der Waals surface area contributed by atoms with E-state index in [9.17, 15) is 39.6 Å². The number of benzene rings is 1. The molecule has 0 bridgehead atoms. The van der Waals surface area contributed by atoms with Crippen LogP contribution in [0.25, 0.3) is 11.8 Å². The standard InChI is InChI=1S/C24H25N3O8/c1-27(2)18-12-8-10-7-11-9(4-6-14(25)29)3-5-13(28)16(11)19(30)15(10)21(32)24(12,35)22(33)17(20(18)31)23(26)34/h3-6,10,12,18,28,30,33,35H,7-8H2,1-2H3,(H2,25,29)(H2,26,34)/t10?,12?,18-,24-/m0/s1. The van der Waals surface area contributed by atoms with Crippen LogP contribution in [0.2, 0.25) is 0 Å². The molecule has 11 heteroatoms. The number of primary amides is 2. The van der Waals surface area contributed by atoms with E-state index in [0.717, 1.165) is 6.08 Å². The third-order valence-corrected chi connectivity index (χ3v) is 7.07. The largest absolute Gasteiger partial charge is 0.508 e. The number of aliphatic hydroxyl groups is 3. The minimum Gasteiger partial charge on any atom is -0.508 e. The molecule has 0 heterocycles. The number of phenols is 1. The van der Waals surface area contributed by atoms with Crippen molar-refractivity contribution in [2.75, 3.05) is 14.1 Å². The monoisotopic (exact) mass is 483 g/mol. The van der Waals surface area contributed by atoms with E-state index < -0.39 is 64.0 Å². The summed E-state index contributed by atoms with van der Waals surface area (Å²) in [5, 5.41) is 43.9. The molecule has 0 saturated heterocycles. The topological polar surface area (TPSA) is 204 Å². The zero-order valence-corrected chi connectivity index (χ0v) is 19.0. The number of likely N-dealkylation sites (N-methyl/N-ethyl adjacent to an activating group) is 1. The Labute approximate surface area is 199 Å². The van der Waals surface area contributed by atoms with Crippen molar-refractivity contribution in [1.82, 2.24) is 4.90 Å². The van der Waals surface area contributed by atoms with Gasteiger partial charge in [-0.3, -0.25) is 24.1 Å². The van der Waals surface area contributed by atoms with Gasteiger partial charge in [0, 0.05) is 17.6 Å². The molecular weight excluding hydrogens is 458 g/mol. The Hall–Kier alpha value is -3.96. The zero-order valence-electron chi connectivity index (χ0n) is 19.0. The van der Waals surface area contributed by atoms with E-state index in [0.29, 0.717) is 11.1 Å². The van der Waals surface area contributed by atoms with Gasteiger partial charge in [0.15, 0.2) is 11.4 Å². The Morgan fingerprint density at radius 1 is 1.14 bits per heavy atom. The minimum absolute atomic E-state index is 0.0274. The van der Waals surface area contributed by atoms with E-state index in [1.807, 2.05) is 0 Å².